The Bertz CT molecular complexity index is 686. The van der Waals surface area contributed by atoms with Crippen molar-refractivity contribution >= 4 is 0 Å². The van der Waals surface area contributed by atoms with Crippen molar-refractivity contribution < 1.29 is 0 Å². The number of rotatable bonds is 4. The average molecular weight is 348 g/mol. The van der Waals surface area contributed by atoms with Gasteiger partial charge in [0, 0.05) is 45.5 Å². The van der Waals surface area contributed by atoms with Gasteiger partial charge < -0.3 is 4.90 Å². The molecule has 1 atom stereocenters. The van der Waals surface area contributed by atoms with Crippen LogP contribution in [0.2, 0.25) is 0 Å². The zero-order valence-electron chi connectivity index (χ0n) is 15.7. The van der Waals surface area contributed by atoms with Crippen LogP contribution in [0.5, 0.6) is 0 Å². The summed E-state index contributed by atoms with van der Waals surface area (Å²) in [6, 6.07) is 1.61. The van der Waals surface area contributed by atoms with Crippen LogP contribution in [-0.4, -0.2) is 51.7 Å². The highest BCUT2D eigenvalue weighted by Crippen LogP contribution is 2.20. The van der Waals surface area contributed by atoms with Gasteiger partial charge in [-0.25, -0.2) is 4.79 Å². The lowest BCUT2D eigenvalue weighted by Gasteiger charge is -2.35. The van der Waals surface area contributed by atoms with Gasteiger partial charge in [0.05, 0.1) is 0 Å². The second-order valence-electron chi connectivity index (χ2n) is 7.83. The lowest BCUT2D eigenvalue weighted by atomic mass is 9.97. The number of hydrogen-bond acceptors (Lipinski definition) is 4. The van der Waals surface area contributed by atoms with Gasteiger partial charge in [-0.3, -0.25) is 18.8 Å². The molecule has 6 nitrogen and oxygen atoms in total. The van der Waals surface area contributed by atoms with Crippen molar-refractivity contribution in [1.82, 2.24) is 18.9 Å². The molecule has 1 aromatic rings. The first-order chi connectivity index (χ1) is 12.0. The first-order valence-electron chi connectivity index (χ1n) is 9.75. The van der Waals surface area contributed by atoms with Crippen LogP contribution in [0.3, 0.4) is 0 Å². The minimum absolute atomic E-state index is 0.212. The van der Waals surface area contributed by atoms with E-state index in [0.717, 1.165) is 18.8 Å². The summed E-state index contributed by atoms with van der Waals surface area (Å²) in [5.41, 5.74) is 0.375. The summed E-state index contributed by atoms with van der Waals surface area (Å²) in [4.78, 5) is 29.1. The summed E-state index contributed by atoms with van der Waals surface area (Å²) in [6.07, 6.45) is 7.94. The van der Waals surface area contributed by atoms with Gasteiger partial charge >= 0.3 is 5.69 Å². The van der Waals surface area contributed by atoms with E-state index < -0.39 is 0 Å². The fourth-order valence-corrected chi connectivity index (χ4v) is 4.29. The molecule has 140 valence electrons. The maximum Gasteiger partial charge on any atom is 0.330 e. The van der Waals surface area contributed by atoms with E-state index >= 15 is 0 Å². The third kappa shape index (κ3) is 4.61. The Labute approximate surface area is 150 Å². The Kier molecular flexibility index (Phi) is 6.12. The topological polar surface area (TPSA) is 50.5 Å². The van der Waals surface area contributed by atoms with Crippen LogP contribution in [-0.2, 0) is 20.6 Å². The molecule has 0 aromatic carbocycles. The Morgan fingerprint density at radius 3 is 2.32 bits per heavy atom. The van der Waals surface area contributed by atoms with Crippen LogP contribution in [0.4, 0.5) is 0 Å². The highest BCUT2D eigenvalue weighted by atomic mass is 16.2. The van der Waals surface area contributed by atoms with E-state index in [1.54, 1.807) is 17.7 Å². The maximum atomic E-state index is 12.1. The van der Waals surface area contributed by atoms with E-state index in [1.807, 2.05) is 0 Å². The van der Waals surface area contributed by atoms with Crippen molar-refractivity contribution in [3.05, 3.63) is 32.6 Å². The van der Waals surface area contributed by atoms with Crippen molar-refractivity contribution in [2.45, 2.75) is 45.1 Å². The quantitative estimate of drug-likeness (QED) is 0.820. The van der Waals surface area contributed by atoms with E-state index in [1.165, 1.54) is 69.8 Å². The predicted octanol–water partition coefficient (Wildman–Crippen LogP) is 1.17. The fraction of sp³-hybridized carbons (Fsp3) is 0.789. The fourth-order valence-electron chi connectivity index (χ4n) is 4.29. The van der Waals surface area contributed by atoms with Gasteiger partial charge in [-0.1, -0.05) is 12.8 Å². The lowest BCUT2D eigenvalue weighted by molar-refractivity contribution is 0.127. The van der Waals surface area contributed by atoms with Crippen LogP contribution < -0.4 is 11.2 Å². The summed E-state index contributed by atoms with van der Waals surface area (Å²) in [6.45, 7) is 6.52. The first-order valence-corrected chi connectivity index (χ1v) is 9.75. The van der Waals surface area contributed by atoms with Crippen molar-refractivity contribution in [1.29, 1.82) is 0 Å². The molecule has 0 unspecified atom stereocenters. The SMILES string of the molecule is Cn1c(CN2CCC[C@@H](CN3CCCCCC3)C2)cc(=O)n(C)c1=O. The number of piperidine rings is 1. The van der Waals surface area contributed by atoms with Crippen LogP contribution >= 0.6 is 0 Å². The minimum Gasteiger partial charge on any atom is -0.303 e. The number of aromatic nitrogens is 2. The van der Waals surface area contributed by atoms with E-state index in [4.69, 9.17) is 0 Å². The molecular formula is C19H32N4O2. The molecule has 2 aliphatic rings. The predicted molar refractivity (Wildman–Crippen MR) is 99.8 cm³/mol. The molecule has 0 aliphatic carbocycles. The molecule has 0 saturated carbocycles. The van der Waals surface area contributed by atoms with Gasteiger partial charge in [0.1, 0.15) is 0 Å². The third-order valence-corrected chi connectivity index (χ3v) is 5.83. The summed E-state index contributed by atoms with van der Waals surface area (Å²) >= 11 is 0. The summed E-state index contributed by atoms with van der Waals surface area (Å²) in [5.74, 6) is 0.704. The lowest BCUT2D eigenvalue weighted by Crippen LogP contribution is -2.43. The summed E-state index contributed by atoms with van der Waals surface area (Å²) in [7, 11) is 3.29. The molecule has 3 heterocycles. The highest BCUT2D eigenvalue weighted by molar-refractivity contribution is 5.02. The van der Waals surface area contributed by atoms with Gasteiger partial charge in [0.25, 0.3) is 5.56 Å². The standard InChI is InChI=1S/C19H32N4O2/c1-20-17(12-18(24)21(2)19(20)25)15-23-11-7-8-16(14-23)13-22-9-5-3-4-6-10-22/h12,16H,3-11,13-15H2,1-2H3/t16-/m0/s1. The molecule has 25 heavy (non-hydrogen) atoms. The van der Waals surface area contributed by atoms with E-state index in [0.29, 0.717) is 12.5 Å². The van der Waals surface area contributed by atoms with E-state index in [2.05, 4.69) is 9.80 Å². The molecule has 0 amide bonds. The molecule has 0 bridgehead atoms. The van der Waals surface area contributed by atoms with Gasteiger partial charge in [-0.05, 0) is 51.2 Å². The third-order valence-electron chi connectivity index (χ3n) is 5.83. The minimum atomic E-state index is -0.236. The van der Waals surface area contributed by atoms with Crippen molar-refractivity contribution in [2.75, 3.05) is 32.7 Å². The van der Waals surface area contributed by atoms with Gasteiger partial charge in [-0.15, -0.1) is 0 Å². The summed E-state index contributed by atoms with van der Waals surface area (Å²) < 4.78 is 2.78. The Morgan fingerprint density at radius 2 is 1.60 bits per heavy atom. The maximum absolute atomic E-state index is 12.1. The smallest absolute Gasteiger partial charge is 0.303 e. The molecule has 3 rings (SSSR count). The molecule has 0 N–H and O–H groups in total. The monoisotopic (exact) mass is 348 g/mol. The van der Waals surface area contributed by atoms with Gasteiger partial charge in [0.2, 0.25) is 0 Å². The summed E-state index contributed by atoms with van der Waals surface area (Å²) in [5, 5.41) is 0. The molecular weight excluding hydrogens is 316 g/mol. The first kappa shape index (κ1) is 18.4. The molecule has 0 spiro atoms. The Balaban J connectivity index is 1.62. The molecule has 6 heteroatoms. The van der Waals surface area contributed by atoms with Gasteiger partial charge in [-0.2, -0.15) is 0 Å². The zero-order valence-corrected chi connectivity index (χ0v) is 15.7. The van der Waals surface area contributed by atoms with Gasteiger partial charge in [0.15, 0.2) is 0 Å². The molecule has 2 aliphatic heterocycles. The van der Waals surface area contributed by atoms with E-state index in [-0.39, 0.29) is 11.2 Å². The Hall–Kier alpha value is -1.40. The molecule has 1 aromatic heterocycles. The highest BCUT2D eigenvalue weighted by Gasteiger charge is 2.23. The molecule has 2 fully saturated rings. The zero-order chi connectivity index (χ0) is 17.8. The number of hydrogen-bond donors (Lipinski definition) is 0. The normalized spacial score (nSPS) is 23.5. The van der Waals surface area contributed by atoms with Crippen molar-refractivity contribution in [3.8, 4) is 0 Å². The second kappa shape index (κ2) is 8.32. The number of nitrogens with zero attached hydrogens (tertiary/aromatic N) is 4. The molecule has 2 saturated heterocycles. The van der Waals surface area contributed by atoms with Crippen molar-refractivity contribution in [3.63, 3.8) is 0 Å². The Morgan fingerprint density at radius 1 is 0.920 bits per heavy atom. The van der Waals surface area contributed by atoms with Crippen LogP contribution in [0, 0.1) is 5.92 Å². The second-order valence-corrected chi connectivity index (χ2v) is 7.83. The number of likely N-dealkylation sites (tertiary alicyclic amines) is 2. The largest absolute Gasteiger partial charge is 0.330 e. The van der Waals surface area contributed by atoms with Crippen LogP contribution in [0.25, 0.3) is 0 Å². The van der Waals surface area contributed by atoms with Crippen LogP contribution in [0.15, 0.2) is 15.7 Å². The van der Waals surface area contributed by atoms with E-state index in [9.17, 15) is 9.59 Å². The van der Waals surface area contributed by atoms with Crippen molar-refractivity contribution in [2.24, 2.45) is 20.0 Å². The average Bonchev–Trinajstić information content (AvgIpc) is 2.87. The van der Waals surface area contributed by atoms with Crippen LogP contribution in [0.1, 0.15) is 44.2 Å². The molecule has 0 radical (unpaired) electrons.